The highest BCUT2D eigenvalue weighted by Gasteiger charge is 2.19. The third kappa shape index (κ3) is 4.12. The summed E-state index contributed by atoms with van der Waals surface area (Å²) in [6, 6.07) is 55.5. The molecule has 0 spiro atoms. The van der Waals surface area contributed by atoms with E-state index in [9.17, 15) is 0 Å². The van der Waals surface area contributed by atoms with Crippen LogP contribution in [0.5, 0.6) is 0 Å². The first kappa shape index (κ1) is 27.9. The summed E-state index contributed by atoms with van der Waals surface area (Å²) in [6.07, 6.45) is 5.99. The molecule has 234 valence electrons. The van der Waals surface area contributed by atoms with Crippen LogP contribution in [0.4, 0.5) is 0 Å². The normalized spacial score (nSPS) is 14.4. The zero-order valence-electron chi connectivity index (χ0n) is 27.2. The van der Waals surface area contributed by atoms with E-state index >= 15 is 0 Å². The Balaban J connectivity index is 1.08. The minimum absolute atomic E-state index is 0.303. The van der Waals surface area contributed by atoms with E-state index in [1.54, 1.807) is 0 Å². The van der Waals surface area contributed by atoms with E-state index in [0.29, 0.717) is 5.92 Å². The van der Waals surface area contributed by atoms with E-state index in [1.807, 2.05) is 17.4 Å². The molecule has 2 heterocycles. The maximum Gasteiger partial charge on any atom is 0.136 e. The molecule has 1 aliphatic rings. The summed E-state index contributed by atoms with van der Waals surface area (Å²) in [6.45, 7) is 0. The van der Waals surface area contributed by atoms with Crippen LogP contribution in [0.2, 0.25) is 0 Å². The van der Waals surface area contributed by atoms with E-state index in [0.717, 1.165) is 17.6 Å². The third-order valence-corrected chi connectivity index (χ3v) is 12.0. The fourth-order valence-corrected chi connectivity index (χ4v) is 9.74. The summed E-state index contributed by atoms with van der Waals surface area (Å²) in [5.74, 6) is 0.303. The molecule has 0 saturated heterocycles. The Morgan fingerprint density at radius 2 is 1.14 bits per heavy atom. The molecule has 2 heteroatoms. The second-order valence-corrected chi connectivity index (χ2v) is 14.6. The smallest absolute Gasteiger partial charge is 0.136 e. The van der Waals surface area contributed by atoms with Gasteiger partial charge in [-0.25, -0.2) is 0 Å². The van der Waals surface area contributed by atoms with E-state index in [-0.39, 0.29) is 0 Å². The monoisotopic (exact) mass is 654 g/mol. The summed E-state index contributed by atoms with van der Waals surface area (Å²) < 4.78 is 8.96. The lowest BCUT2D eigenvalue weighted by Gasteiger charge is -2.19. The number of thiophene rings is 1. The molecule has 0 radical (unpaired) electrons. The lowest BCUT2D eigenvalue weighted by Crippen LogP contribution is -2.23. The number of benzene rings is 8. The third-order valence-electron chi connectivity index (χ3n) is 10.8. The Bertz CT molecular complexity index is 3070. The van der Waals surface area contributed by atoms with Gasteiger partial charge in [0, 0.05) is 36.7 Å². The van der Waals surface area contributed by atoms with Gasteiger partial charge in [0.25, 0.3) is 0 Å². The molecule has 1 nitrogen and oxygen atoms in total. The van der Waals surface area contributed by atoms with Gasteiger partial charge in [-0.3, -0.25) is 0 Å². The van der Waals surface area contributed by atoms with E-state index in [1.165, 1.54) is 90.7 Å². The van der Waals surface area contributed by atoms with E-state index in [4.69, 9.17) is 4.42 Å². The van der Waals surface area contributed by atoms with Crippen molar-refractivity contribution >= 4 is 87.8 Å². The SMILES string of the molecule is C1=c2sc3c(ccc4cc5oc6ccccc6c5cc43)c2=CC(c2cccc(-c3c4ccccc4c(-c4ccccc4)c4ccccc34)c2)C1. The summed E-state index contributed by atoms with van der Waals surface area (Å²) >= 11 is 1.93. The molecular weight excluding hydrogens is 625 g/mol. The highest BCUT2D eigenvalue weighted by molar-refractivity contribution is 7.18. The Kier molecular flexibility index (Phi) is 6.02. The zero-order valence-corrected chi connectivity index (χ0v) is 28.0. The molecule has 0 saturated carbocycles. The molecule has 50 heavy (non-hydrogen) atoms. The van der Waals surface area contributed by atoms with Crippen molar-refractivity contribution in [3.63, 3.8) is 0 Å². The topological polar surface area (TPSA) is 13.1 Å². The average Bonchev–Trinajstić information content (AvgIpc) is 3.74. The highest BCUT2D eigenvalue weighted by atomic mass is 32.1. The largest absolute Gasteiger partial charge is 0.456 e. The minimum Gasteiger partial charge on any atom is -0.456 e. The number of hydrogen-bond acceptors (Lipinski definition) is 2. The van der Waals surface area contributed by atoms with Crippen molar-refractivity contribution in [1.29, 1.82) is 0 Å². The molecule has 8 aromatic carbocycles. The van der Waals surface area contributed by atoms with Crippen molar-refractivity contribution in [3.8, 4) is 22.3 Å². The number of rotatable bonds is 3. The number of para-hydroxylation sites is 1. The van der Waals surface area contributed by atoms with Crippen molar-refractivity contribution in [2.24, 2.45) is 0 Å². The summed E-state index contributed by atoms with van der Waals surface area (Å²) in [7, 11) is 0. The molecule has 2 aromatic heterocycles. The van der Waals surface area contributed by atoms with Crippen LogP contribution in [0, 0.1) is 0 Å². The van der Waals surface area contributed by atoms with Crippen molar-refractivity contribution in [2.45, 2.75) is 12.3 Å². The lowest BCUT2D eigenvalue weighted by molar-refractivity contribution is 0.669. The summed E-state index contributed by atoms with van der Waals surface area (Å²) in [5, 5.41) is 12.8. The summed E-state index contributed by atoms with van der Waals surface area (Å²) in [5.41, 5.74) is 8.39. The van der Waals surface area contributed by atoms with Crippen molar-refractivity contribution < 1.29 is 4.42 Å². The van der Waals surface area contributed by atoms with Gasteiger partial charge < -0.3 is 4.42 Å². The molecule has 0 N–H and O–H groups in total. The van der Waals surface area contributed by atoms with Crippen LogP contribution in [-0.4, -0.2) is 0 Å². The molecular formula is C48H30OS. The maximum atomic E-state index is 6.22. The predicted octanol–water partition coefficient (Wildman–Crippen LogP) is 12.3. The van der Waals surface area contributed by atoms with Gasteiger partial charge >= 0.3 is 0 Å². The first-order valence-electron chi connectivity index (χ1n) is 17.4. The fourth-order valence-electron chi connectivity index (χ4n) is 8.47. The van der Waals surface area contributed by atoms with Gasteiger partial charge in [-0.05, 0) is 84.6 Å². The van der Waals surface area contributed by atoms with Gasteiger partial charge in [-0.2, -0.15) is 0 Å². The molecule has 11 rings (SSSR count). The summed E-state index contributed by atoms with van der Waals surface area (Å²) in [4.78, 5) is 0. The maximum absolute atomic E-state index is 6.22. The van der Waals surface area contributed by atoms with Gasteiger partial charge in [0.15, 0.2) is 0 Å². The first-order valence-corrected chi connectivity index (χ1v) is 18.2. The molecule has 1 atom stereocenters. The Morgan fingerprint density at radius 1 is 0.480 bits per heavy atom. The molecule has 0 amide bonds. The molecule has 1 unspecified atom stereocenters. The van der Waals surface area contributed by atoms with Gasteiger partial charge in [-0.15, -0.1) is 11.3 Å². The van der Waals surface area contributed by atoms with Gasteiger partial charge in [0.2, 0.25) is 0 Å². The highest BCUT2D eigenvalue weighted by Crippen LogP contribution is 2.44. The lowest BCUT2D eigenvalue weighted by atomic mass is 9.84. The second kappa shape index (κ2) is 10.8. The van der Waals surface area contributed by atoms with E-state index < -0.39 is 0 Å². The van der Waals surface area contributed by atoms with Crippen LogP contribution in [0.3, 0.4) is 0 Å². The van der Waals surface area contributed by atoms with Crippen molar-refractivity contribution in [1.82, 2.24) is 0 Å². The molecule has 0 fully saturated rings. The number of fused-ring (bicyclic) bond motifs is 10. The standard InChI is InChI=1S/C48H30OS/c1-2-11-29(12-3-1)46-35-16-4-6-18-37(35)47(38-19-7-5-17-36(38)46)33-14-10-13-30(25-33)31-22-24-45-42(26-31)39-23-21-32-27-44-41(28-40(32)48(39)50-45)34-15-8-9-20-43(34)49-44/h1-21,23-28,31H,22H2. The van der Waals surface area contributed by atoms with Gasteiger partial charge in [-0.1, -0.05) is 146 Å². The van der Waals surface area contributed by atoms with Gasteiger partial charge in [0.05, 0.1) is 0 Å². The van der Waals surface area contributed by atoms with E-state index in [2.05, 4.69) is 158 Å². The average molecular weight is 655 g/mol. The van der Waals surface area contributed by atoms with Gasteiger partial charge in [0.1, 0.15) is 11.2 Å². The fraction of sp³-hybridized carbons (Fsp3) is 0.0417. The Hall–Kier alpha value is -5.96. The van der Waals surface area contributed by atoms with Crippen molar-refractivity contribution in [3.05, 3.63) is 167 Å². The van der Waals surface area contributed by atoms with Crippen LogP contribution in [0.25, 0.3) is 98.7 Å². The van der Waals surface area contributed by atoms with Crippen molar-refractivity contribution in [2.75, 3.05) is 0 Å². The number of furan rings is 1. The number of hydrogen-bond donors (Lipinski definition) is 0. The quantitative estimate of drug-likeness (QED) is 0.173. The van der Waals surface area contributed by atoms with Crippen LogP contribution in [0.15, 0.2) is 156 Å². The predicted molar refractivity (Wildman–Crippen MR) is 214 cm³/mol. The zero-order chi connectivity index (χ0) is 32.8. The van der Waals surface area contributed by atoms with Crippen LogP contribution in [0.1, 0.15) is 17.9 Å². The second-order valence-electron chi connectivity index (χ2n) is 13.5. The minimum atomic E-state index is 0.303. The first-order chi connectivity index (χ1) is 24.8. The molecule has 0 bridgehead atoms. The van der Waals surface area contributed by atoms with Crippen LogP contribution >= 0.6 is 11.3 Å². The molecule has 1 aliphatic carbocycles. The molecule has 0 aliphatic heterocycles. The molecule has 10 aromatic rings. The Labute approximate surface area is 292 Å². The Morgan fingerprint density at radius 3 is 1.90 bits per heavy atom. The van der Waals surface area contributed by atoms with Crippen LogP contribution < -0.4 is 9.75 Å². The van der Waals surface area contributed by atoms with Crippen LogP contribution in [-0.2, 0) is 0 Å².